The zero-order valence-corrected chi connectivity index (χ0v) is 14.5. The molecular formula is C16H20N4O3S. The molecule has 3 rings (SSSR count). The van der Waals surface area contributed by atoms with Crippen LogP contribution in [0.1, 0.15) is 12.8 Å². The second-order valence-corrected chi connectivity index (χ2v) is 6.84. The summed E-state index contributed by atoms with van der Waals surface area (Å²) in [7, 11) is 3.42. The number of aromatic nitrogens is 1. The molecule has 1 saturated heterocycles. The number of benzene rings is 1. The van der Waals surface area contributed by atoms with Gasteiger partial charge >= 0.3 is 6.03 Å². The Hall–Kier alpha value is -2.35. The number of rotatable bonds is 5. The fourth-order valence-electron chi connectivity index (χ4n) is 2.82. The molecule has 0 radical (unpaired) electrons. The van der Waals surface area contributed by atoms with Crippen LogP contribution in [0.4, 0.5) is 9.93 Å². The molecule has 8 heteroatoms. The second-order valence-electron chi connectivity index (χ2n) is 5.84. The van der Waals surface area contributed by atoms with Crippen LogP contribution in [0.25, 0.3) is 10.2 Å². The number of ether oxygens (including phenoxy) is 1. The van der Waals surface area contributed by atoms with Gasteiger partial charge in [-0.2, -0.15) is 0 Å². The number of likely N-dealkylation sites (tertiary alicyclic amines) is 1. The predicted molar refractivity (Wildman–Crippen MR) is 93.6 cm³/mol. The number of anilines is 1. The van der Waals surface area contributed by atoms with Crippen molar-refractivity contribution in [2.75, 3.05) is 32.6 Å². The number of nitrogens with one attached hydrogen (secondary N) is 2. The van der Waals surface area contributed by atoms with Gasteiger partial charge in [-0.15, -0.1) is 0 Å². The number of amides is 3. The molecule has 7 nitrogen and oxygen atoms in total. The molecule has 2 aromatic rings. The molecule has 1 atom stereocenters. The summed E-state index contributed by atoms with van der Waals surface area (Å²) in [5, 5.41) is 6.10. The number of nitrogens with zero attached hydrogens (tertiary/aromatic N) is 2. The highest BCUT2D eigenvalue weighted by atomic mass is 32.1. The Morgan fingerprint density at radius 2 is 2.33 bits per heavy atom. The topological polar surface area (TPSA) is 83.6 Å². The summed E-state index contributed by atoms with van der Waals surface area (Å²) in [4.78, 5) is 29.6. The Morgan fingerprint density at radius 1 is 1.50 bits per heavy atom. The number of methoxy groups -OCH3 is 1. The van der Waals surface area contributed by atoms with Gasteiger partial charge in [0.15, 0.2) is 5.13 Å². The standard InChI is InChI=1S/C16H20N4O3S/c1-20-9-10(8-13(20)21)6-7-17-15(22)19-16-18-11-4-3-5-12(23-2)14(11)24-16/h3-5,10H,6-9H2,1-2H3,(H2,17,18,19,22). The smallest absolute Gasteiger partial charge is 0.321 e. The van der Waals surface area contributed by atoms with Gasteiger partial charge in [0, 0.05) is 26.6 Å². The number of hydrogen-bond donors (Lipinski definition) is 2. The van der Waals surface area contributed by atoms with Gasteiger partial charge in [0.2, 0.25) is 5.91 Å². The third-order valence-electron chi connectivity index (χ3n) is 4.08. The van der Waals surface area contributed by atoms with Crippen molar-refractivity contribution in [3.63, 3.8) is 0 Å². The van der Waals surface area contributed by atoms with E-state index in [0.717, 1.165) is 28.9 Å². The van der Waals surface area contributed by atoms with Crippen molar-refractivity contribution in [2.45, 2.75) is 12.8 Å². The van der Waals surface area contributed by atoms with Gasteiger partial charge in [-0.1, -0.05) is 17.4 Å². The van der Waals surface area contributed by atoms with E-state index in [-0.39, 0.29) is 11.9 Å². The van der Waals surface area contributed by atoms with Gasteiger partial charge in [-0.3, -0.25) is 10.1 Å². The van der Waals surface area contributed by atoms with Crippen LogP contribution in [0.15, 0.2) is 18.2 Å². The fraction of sp³-hybridized carbons (Fsp3) is 0.438. The van der Waals surface area contributed by atoms with Crippen LogP contribution in [0.5, 0.6) is 5.75 Å². The Bertz CT molecular complexity index is 761. The maximum absolute atomic E-state index is 12.0. The summed E-state index contributed by atoms with van der Waals surface area (Å²) in [6.45, 7) is 1.30. The number of carbonyl (C=O) groups excluding carboxylic acids is 2. The highest BCUT2D eigenvalue weighted by Crippen LogP contribution is 2.33. The SMILES string of the molecule is COc1cccc2nc(NC(=O)NCCC3CC(=O)N(C)C3)sc12. The summed E-state index contributed by atoms with van der Waals surface area (Å²) in [5.74, 6) is 1.23. The number of urea groups is 1. The number of carbonyl (C=O) groups is 2. The Labute approximate surface area is 144 Å². The van der Waals surface area contributed by atoms with Crippen LogP contribution in [0, 0.1) is 5.92 Å². The Morgan fingerprint density at radius 3 is 3.04 bits per heavy atom. The molecule has 1 aromatic carbocycles. The van der Waals surface area contributed by atoms with Crippen LogP contribution in [0.2, 0.25) is 0 Å². The van der Waals surface area contributed by atoms with E-state index in [1.54, 1.807) is 12.0 Å². The van der Waals surface area contributed by atoms with E-state index in [1.807, 2.05) is 25.2 Å². The molecule has 1 unspecified atom stereocenters. The van der Waals surface area contributed by atoms with Crippen LogP contribution < -0.4 is 15.4 Å². The lowest BCUT2D eigenvalue weighted by molar-refractivity contribution is -0.126. The lowest BCUT2D eigenvalue weighted by atomic mass is 10.1. The third-order valence-corrected chi connectivity index (χ3v) is 5.08. The molecule has 1 aliphatic heterocycles. The van der Waals surface area contributed by atoms with E-state index in [2.05, 4.69) is 15.6 Å². The van der Waals surface area contributed by atoms with Gasteiger partial charge in [-0.25, -0.2) is 9.78 Å². The normalized spacial score (nSPS) is 17.3. The lowest BCUT2D eigenvalue weighted by Gasteiger charge is -2.10. The van der Waals surface area contributed by atoms with Crippen molar-refractivity contribution in [3.05, 3.63) is 18.2 Å². The molecule has 0 bridgehead atoms. The monoisotopic (exact) mass is 348 g/mol. The van der Waals surface area contributed by atoms with Crippen molar-refractivity contribution >= 4 is 38.6 Å². The van der Waals surface area contributed by atoms with Crippen LogP contribution in [-0.4, -0.2) is 49.1 Å². The van der Waals surface area contributed by atoms with Gasteiger partial charge in [0.1, 0.15) is 5.75 Å². The molecule has 0 aliphatic carbocycles. The number of hydrogen-bond acceptors (Lipinski definition) is 5. The summed E-state index contributed by atoms with van der Waals surface area (Å²) in [5.41, 5.74) is 0.794. The van der Waals surface area contributed by atoms with Crippen molar-refractivity contribution in [1.29, 1.82) is 0 Å². The van der Waals surface area contributed by atoms with Crippen LogP contribution in [-0.2, 0) is 4.79 Å². The van der Waals surface area contributed by atoms with Crippen molar-refractivity contribution in [2.24, 2.45) is 5.92 Å². The molecule has 0 saturated carbocycles. The summed E-state index contributed by atoms with van der Waals surface area (Å²) in [6.07, 6.45) is 1.36. The highest BCUT2D eigenvalue weighted by molar-refractivity contribution is 7.22. The van der Waals surface area contributed by atoms with Crippen LogP contribution >= 0.6 is 11.3 Å². The van der Waals surface area contributed by atoms with Crippen LogP contribution in [0.3, 0.4) is 0 Å². The third kappa shape index (κ3) is 3.59. The van der Waals surface area contributed by atoms with E-state index in [0.29, 0.717) is 24.0 Å². The minimum absolute atomic E-state index is 0.174. The molecule has 0 spiro atoms. The molecule has 2 heterocycles. The Balaban J connectivity index is 1.51. The van der Waals surface area contributed by atoms with Gasteiger partial charge in [0.25, 0.3) is 0 Å². The lowest BCUT2D eigenvalue weighted by Crippen LogP contribution is -2.30. The number of fused-ring (bicyclic) bond motifs is 1. The largest absolute Gasteiger partial charge is 0.495 e. The Kier molecular flexibility index (Phi) is 4.84. The molecular weight excluding hydrogens is 328 g/mol. The zero-order valence-electron chi connectivity index (χ0n) is 13.7. The molecule has 128 valence electrons. The zero-order chi connectivity index (χ0) is 17.1. The van der Waals surface area contributed by atoms with E-state index in [4.69, 9.17) is 4.74 Å². The number of thiazole rings is 1. The first-order valence-corrected chi connectivity index (χ1v) is 8.61. The van der Waals surface area contributed by atoms with Crippen molar-refractivity contribution in [3.8, 4) is 5.75 Å². The first-order valence-electron chi connectivity index (χ1n) is 7.79. The molecule has 2 N–H and O–H groups in total. The highest BCUT2D eigenvalue weighted by Gasteiger charge is 2.26. The molecule has 3 amide bonds. The minimum atomic E-state index is -0.286. The average molecular weight is 348 g/mol. The van der Waals surface area contributed by atoms with E-state index in [1.165, 1.54) is 11.3 Å². The van der Waals surface area contributed by atoms with E-state index < -0.39 is 0 Å². The van der Waals surface area contributed by atoms with Gasteiger partial charge in [0.05, 0.1) is 17.3 Å². The first-order chi connectivity index (χ1) is 11.6. The van der Waals surface area contributed by atoms with E-state index >= 15 is 0 Å². The summed E-state index contributed by atoms with van der Waals surface area (Å²) in [6, 6.07) is 5.32. The molecule has 1 fully saturated rings. The van der Waals surface area contributed by atoms with Crippen molar-refractivity contribution < 1.29 is 14.3 Å². The van der Waals surface area contributed by atoms with E-state index in [9.17, 15) is 9.59 Å². The predicted octanol–water partition coefficient (Wildman–Crippen LogP) is 2.29. The quantitative estimate of drug-likeness (QED) is 0.868. The van der Waals surface area contributed by atoms with Crippen molar-refractivity contribution in [1.82, 2.24) is 15.2 Å². The molecule has 1 aliphatic rings. The van der Waals surface area contributed by atoms with Gasteiger partial charge < -0.3 is 15.0 Å². The summed E-state index contributed by atoms with van der Waals surface area (Å²) >= 11 is 1.38. The molecule has 24 heavy (non-hydrogen) atoms. The second kappa shape index (κ2) is 7.04. The fourth-order valence-corrected chi connectivity index (χ4v) is 3.77. The minimum Gasteiger partial charge on any atom is -0.495 e. The summed E-state index contributed by atoms with van der Waals surface area (Å²) < 4.78 is 6.20. The van der Waals surface area contributed by atoms with Gasteiger partial charge in [-0.05, 0) is 24.5 Å². The maximum Gasteiger partial charge on any atom is 0.321 e. The first kappa shape index (κ1) is 16.5. The molecule has 1 aromatic heterocycles. The average Bonchev–Trinajstić information content (AvgIpc) is 3.09. The maximum atomic E-state index is 12.0.